The molecule has 0 bridgehead atoms. The molecule has 1 saturated heterocycles. The average Bonchev–Trinajstić information content (AvgIpc) is 3.14. The topological polar surface area (TPSA) is 79.6 Å². The minimum atomic E-state index is -3.50. The third-order valence-corrected chi connectivity index (χ3v) is 6.14. The van der Waals surface area contributed by atoms with Gasteiger partial charge in [-0.3, -0.25) is 4.79 Å². The van der Waals surface area contributed by atoms with Gasteiger partial charge in [-0.2, -0.15) is 4.31 Å². The van der Waals surface area contributed by atoms with E-state index in [9.17, 15) is 13.2 Å². The van der Waals surface area contributed by atoms with Crippen molar-refractivity contribution in [2.24, 2.45) is 0 Å². The monoisotopic (exact) mass is 362 g/mol. The molecule has 2 aromatic rings. The number of amides is 1. The Morgan fingerprint density at radius 2 is 1.92 bits per heavy atom. The van der Waals surface area contributed by atoms with Crippen molar-refractivity contribution in [2.45, 2.75) is 37.0 Å². The summed E-state index contributed by atoms with van der Waals surface area (Å²) in [5.41, 5.74) is 0.488. The molecular weight excluding hydrogens is 340 g/mol. The van der Waals surface area contributed by atoms with Gasteiger partial charge >= 0.3 is 0 Å². The lowest BCUT2D eigenvalue weighted by molar-refractivity contribution is -0.116. The second kappa shape index (κ2) is 7.84. The zero-order valence-corrected chi connectivity index (χ0v) is 14.8. The van der Waals surface area contributed by atoms with Gasteiger partial charge in [-0.25, -0.2) is 8.42 Å². The molecule has 1 aliphatic heterocycles. The molecule has 25 heavy (non-hydrogen) atoms. The quantitative estimate of drug-likeness (QED) is 0.857. The number of hydrogen-bond acceptors (Lipinski definition) is 4. The van der Waals surface area contributed by atoms with Crippen molar-refractivity contribution in [3.8, 4) is 0 Å². The molecule has 3 rings (SSSR count). The number of benzene rings is 1. The van der Waals surface area contributed by atoms with Crippen LogP contribution >= 0.6 is 0 Å². The number of furan rings is 1. The summed E-state index contributed by atoms with van der Waals surface area (Å²) < 4.78 is 32.1. The molecule has 1 amide bonds. The van der Waals surface area contributed by atoms with Crippen LogP contribution in [-0.2, 0) is 21.2 Å². The van der Waals surface area contributed by atoms with Gasteiger partial charge in [0.25, 0.3) is 0 Å². The van der Waals surface area contributed by atoms with Crippen LogP contribution in [0.25, 0.3) is 0 Å². The maximum atomic E-state index is 12.7. The zero-order chi connectivity index (χ0) is 17.7. The van der Waals surface area contributed by atoms with Gasteiger partial charge < -0.3 is 9.73 Å². The molecule has 0 radical (unpaired) electrons. The summed E-state index contributed by atoms with van der Waals surface area (Å²) in [6.45, 7) is 1.12. The Morgan fingerprint density at radius 1 is 1.12 bits per heavy atom. The molecule has 0 spiro atoms. The Kier molecular flexibility index (Phi) is 5.55. The van der Waals surface area contributed by atoms with Gasteiger partial charge in [0.1, 0.15) is 5.76 Å². The number of aryl methyl sites for hydroxylation is 1. The number of carbonyl (C=O) groups excluding carboxylic acids is 1. The molecule has 6 nitrogen and oxygen atoms in total. The molecule has 1 aliphatic rings. The summed E-state index contributed by atoms with van der Waals surface area (Å²) in [5.74, 6) is 0.570. The highest BCUT2D eigenvalue weighted by molar-refractivity contribution is 7.89. The Balaban J connectivity index is 1.65. The van der Waals surface area contributed by atoms with Gasteiger partial charge in [0, 0.05) is 31.6 Å². The molecule has 0 unspecified atom stereocenters. The third kappa shape index (κ3) is 4.49. The van der Waals surface area contributed by atoms with Crippen molar-refractivity contribution in [2.75, 3.05) is 18.4 Å². The van der Waals surface area contributed by atoms with E-state index in [4.69, 9.17) is 4.42 Å². The van der Waals surface area contributed by atoms with Gasteiger partial charge in [-0.05, 0) is 43.2 Å². The van der Waals surface area contributed by atoms with E-state index in [1.165, 1.54) is 10.4 Å². The maximum absolute atomic E-state index is 12.7. The van der Waals surface area contributed by atoms with E-state index in [-0.39, 0.29) is 17.2 Å². The number of nitrogens with zero attached hydrogens (tertiary/aromatic N) is 1. The highest BCUT2D eigenvalue weighted by Gasteiger charge is 2.26. The number of hydrogen-bond donors (Lipinski definition) is 1. The van der Waals surface area contributed by atoms with Gasteiger partial charge in [0.05, 0.1) is 11.2 Å². The lowest BCUT2D eigenvalue weighted by Crippen LogP contribution is -2.35. The standard InChI is InChI=1S/C18H22N2O4S/c21-18(10-9-16-7-5-13-24-16)19-15-6-4-8-17(14-15)25(22,23)20-11-2-1-3-12-20/h4-8,13-14H,1-3,9-12H2,(H,19,21). The van der Waals surface area contributed by atoms with E-state index in [2.05, 4.69) is 5.32 Å². The predicted octanol–water partition coefficient (Wildman–Crippen LogP) is 3.03. The first-order valence-corrected chi connectivity index (χ1v) is 9.92. The first-order chi connectivity index (χ1) is 12.1. The minimum absolute atomic E-state index is 0.177. The first kappa shape index (κ1) is 17.7. The normalized spacial score (nSPS) is 15.8. The fourth-order valence-electron chi connectivity index (χ4n) is 2.90. The SMILES string of the molecule is O=C(CCc1ccco1)Nc1cccc(S(=O)(=O)N2CCCCC2)c1. The van der Waals surface area contributed by atoms with Crippen LogP contribution in [0.1, 0.15) is 31.4 Å². The Hall–Kier alpha value is -2.12. The van der Waals surface area contributed by atoms with Crippen molar-refractivity contribution in [1.82, 2.24) is 4.31 Å². The van der Waals surface area contributed by atoms with Gasteiger partial charge in [0.2, 0.25) is 15.9 Å². The van der Waals surface area contributed by atoms with Crippen molar-refractivity contribution in [3.63, 3.8) is 0 Å². The summed E-state index contributed by atoms with van der Waals surface area (Å²) in [7, 11) is -3.50. The van der Waals surface area contributed by atoms with Crippen molar-refractivity contribution in [3.05, 3.63) is 48.4 Å². The lowest BCUT2D eigenvalue weighted by atomic mass is 10.2. The van der Waals surface area contributed by atoms with Crippen LogP contribution < -0.4 is 5.32 Å². The van der Waals surface area contributed by atoms with Crippen molar-refractivity contribution in [1.29, 1.82) is 0 Å². The van der Waals surface area contributed by atoms with Gasteiger partial charge in [-0.15, -0.1) is 0 Å². The van der Waals surface area contributed by atoms with E-state index in [1.807, 2.05) is 6.07 Å². The fourth-order valence-corrected chi connectivity index (χ4v) is 4.47. The number of nitrogens with one attached hydrogen (secondary N) is 1. The van der Waals surface area contributed by atoms with Crippen LogP contribution in [0.5, 0.6) is 0 Å². The van der Waals surface area contributed by atoms with Crippen LogP contribution in [0.15, 0.2) is 52.0 Å². The summed E-state index contributed by atoms with van der Waals surface area (Å²) in [5, 5.41) is 2.76. The van der Waals surface area contributed by atoms with E-state index in [1.54, 1.807) is 30.5 Å². The number of anilines is 1. The molecule has 1 N–H and O–H groups in total. The molecule has 1 fully saturated rings. The summed E-state index contributed by atoms with van der Waals surface area (Å²) in [4.78, 5) is 12.3. The second-order valence-corrected chi connectivity index (χ2v) is 8.06. The number of carbonyl (C=O) groups is 1. The van der Waals surface area contributed by atoms with E-state index in [0.29, 0.717) is 25.2 Å². The molecule has 2 heterocycles. The Bertz CT molecular complexity index is 809. The van der Waals surface area contributed by atoms with Crippen molar-refractivity contribution >= 4 is 21.6 Å². The Morgan fingerprint density at radius 3 is 2.64 bits per heavy atom. The summed E-state index contributed by atoms with van der Waals surface area (Å²) >= 11 is 0. The van der Waals surface area contributed by atoms with Crippen LogP contribution in [-0.4, -0.2) is 31.7 Å². The van der Waals surface area contributed by atoms with Crippen LogP contribution in [0, 0.1) is 0 Å². The number of sulfonamides is 1. The smallest absolute Gasteiger partial charge is 0.243 e. The number of rotatable bonds is 6. The summed E-state index contributed by atoms with van der Waals surface area (Å²) in [6, 6.07) is 10.0. The maximum Gasteiger partial charge on any atom is 0.243 e. The van der Waals surface area contributed by atoms with Crippen molar-refractivity contribution < 1.29 is 17.6 Å². The molecule has 1 aromatic heterocycles. The highest BCUT2D eigenvalue weighted by Crippen LogP contribution is 2.23. The molecule has 0 atom stereocenters. The zero-order valence-electron chi connectivity index (χ0n) is 14.0. The fraction of sp³-hybridized carbons (Fsp3) is 0.389. The first-order valence-electron chi connectivity index (χ1n) is 8.48. The van der Waals surface area contributed by atoms with E-state index in [0.717, 1.165) is 25.0 Å². The molecule has 7 heteroatoms. The van der Waals surface area contributed by atoms with Crippen LogP contribution in [0.2, 0.25) is 0 Å². The molecule has 0 aliphatic carbocycles. The lowest BCUT2D eigenvalue weighted by Gasteiger charge is -2.26. The highest BCUT2D eigenvalue weighted by atomic mass is 32.2. The largest absolute Gasteiger partial charge is 0.469 e. The van der Waals surface area contributed by atoms with Gasteiger partial charge in [0.15, 0.2) is 0 Å². The molecule has 1 aromatic carbocycles. The third-order valence-electron chi connectivity index (χ3n) is 4.25. The number of piperidine rings is 1. The molecule has 0 saturated carbocycles. The second-order valence-electron chi connectivity index (χ2n) is 6.12. The molecular formula is C18H22N2O4S. The predicted molar refractivity (Wildman–Crippen MR) is 94.7 cm³/mol. The van der Waals surface area contributed by atoms with Crippen LogP contribution in [0.3, 0.4) is 0 Å². The summed E-state index contributed by atoms with van der Waals surface area (Å²) in [6.07, 6.45) is 5.20. The minimum Gasteiger partial charge on any atom is -0.469 e. The molecule has 134 valence electrons. The Labute approximate surface area is 147 Å². The average molecular weight is 362 g/mol. The van der Waals surface area contributed by atoms with Gasteiger partial charge in [-0.1, -0.05) is 12.5 Å². The van der Waals surface area contributed by atoms with Crippen LogP contribution in [0.4, 0.5) is 5.69 Å². The van der Waals surface area contributed by atoms with E-state index < -0.39 is 10.0 Å². The van der Waals surface area contributed by atoms with E-state index >= 15 is 0 Å².